The summed E-state index contributed by atoms with van der Waals surface area (Å²) in [7, 11) is 1.66. The van der Waals surface area contributed by atoms with E-state index in [4.69, 9.17) is 4.74 Å². The van der Waals surface area contributed by atoms with Crippen molar-refractivity contribution in [1.29, 1.82) is 0 Å². The Balaban J connectivity index is 0.000000509. The molecule has 1 aromatic carbocycles. The summed E-state index contributed by atoms with van der Waals surface area (Å²) >= 11 is 0. The number of hydrogen-bond acceptors (Lipinski definition) is 2. The molecule has 3 heteroatoms. The van der Waals surface area contributed by atoms with Gasteiger partial charge in [0, 0.05) is 11.5 Å². The number of rotatable bonds is 1. The molecule has 1 heterocycles. The quantitative estimate of drug-likeness (QED) is 0.793. The first kappa shape index (κ1) is 14.5. The van der Waals surface area contributed by atoms with E-state index in [2.05, 4.69) is 10.2 Å². The van der Waals surface area contributed by atoms with Crippen LogP contribution < -0.4 is 4.74 Å². The molecule has 1 N–H and O–H groups in total. The molecule has 2 aromatic rings. The monoisotopic (exact) mass is 222 g/mol. The summed E-state index contributed by atoms with van der Waals surface area (Å²) in [6.45, 7) is 10.0. The van der Waals surface area contributed by atoms with Crippen LogP contribution in [0.5, 0.6) is 5.75 Å². The molecule has 3 nitrogen and oxygen atoms in total. The lowest BCUT2D eigenvalue weighted by Crippen LogP contribution is -1.84. The highest BCUT2D eigenvalue weighted by atomic mass is 16.5. The number of aromatic amines is 1. The second-order valence-corrected chi connectivity index (χ2v) is 2.78. The van der Waals surface area contributed by atoms with Crippen molar-refractivity contribution in [2.45, 2.75) is 34.6 Å². The molecule has 0 radical (unpaired) electrons. The summed E-state index contributed by atoms with van der Waals surface area (Å²) < 4.78 is 5.12. The zero-order valence-corrected chi connectivity index (χ0v) is 11.1. The molecule has 0 aliphatic carbocycles. The van der Waals surface area contributed by atoms with Crippen LogP contribution in [0.3, 0.4) is 0 Å². The molecular weight excluding hydrogens is 200 g/mol. The zero-order chi connectivity index (χ0) is 12.6. The molecule has 0 saturated heterocycles. The van der Waals surface area contributed by atoms with E-state index < -0.39 is 0 Å². The van der Waals surface area contributed by atoms with Crippen LogP contribution in [0, 0.1) is 6.92 Å². The fourth-order valence-electron chi connectivity index (χ4n) is 1.31. The van der Waals surface area contributed by atoms with Crippen LogP contribution in [0.2, 0.25) is 0 Å². The molecule has 2 rings (SSSR count). The summed E-state index contributed by atoms with van der Waals surface area (Å²) in [6.07, 6.45) is 1.82. The molecule has 0 spiro atoms. The van der Waals surface area contributed by atoms with E-state index in [0.29, 0.717) is 0 Å². The van der Waals surface area contributed by atoms with Gasteiger partial charge in [-0.15, -0.1) is 0 Å². The van der Waals surface area contributed by atoms with Crippen molar-refractivity contribution in [3.63, 3.8) is 0 Å². The molecule has 0 fully saturated rings. The van der Waals surface area contributed by atoms with Crippen molar-refractivity contribution in [2.75, 3.05) is 7.11 Å². The van der Waals surface area contributed by atoms with E-state index in [1.165, 1.54) is 5.56 Å². The lowest BCUT2D eigenvalue weighted by Gasteiger charge is -2.01. The fraction of sp³-hybridized carbons (Fsp3) is 0.462. The first-order valence-electron chi connectivity index (χ1n) is 5.79. The minimum absolute atomic E-state index is 0.865. The van der Waals surface area contributed by atoms with Gasteiger partial charge in [0.1, 0.15) is 5.75 Å². The van der Waals surface area contributed by atoms with Gasteiger partial charge in [-0.05, 0) is 18.6 Å². The molecule has 0 unspecified atom stereocenters. The number of H-pyrrole nitrogens is 1. The van der Waals surface area contributed by atoms with E-state index in [9.17, 15) is 0 Å². The topological polar surface area (TPSA) is 37.9 Å². The number of methoxy groups -OCH3 is 1. The maximum atomic E-state index is 5.12. The van der Waals surface area contributed by atoms with Gasteiger partial charge in [0.05, 0.1) is 18.8 Å². The van der Waals surface area contributed by atoms with Crippen molar-refractivity contribution in [3.05, 3.63) is 23.9 Å². The van der Waals surface area contributed by atoms with Gasteiger partial charge in [-0.1, -0.05) is 27.7 Å². The summed E-state index contributed by atoms with van der Waals surface area (Å²) in [5.74, 6) is 0.865. The molecule has 0 aliphatic rings. The minimum Gasteiger partial charge on any atom is -0.497 e. The van der Waals surface area contributed by atoms with Crippen LogP contribution >= 0.6 is 0 Å². The molecule has 0 aliphatic heterocycles. The van der Waals surface area contributed by atoms with E-state index >= 15 is 0 Å². The number of nitrogens with one attached hydrogen (secondary N) is 1. The molecule has 0 bridgehead atoms. The Morgan fingerprint density at radius 3 is 2.31 bits per heavy atom. The second kappa shape index (κ2) is 7.74. The van der Waals surface area contributed by atoms with E-state index in [1.807, 2.05) is 52.9 Å². The summed E-state index contributed by atoms with van der Waals surface area (Å²) in [5, 5.41) is 8.01. The standard InChI is InChI=1S/C9H10N2O.2C2H6/c1-6-3-7(12-2)4-9-8(6)5-10-11-9;2*1-2/h3-5H,1-2H3,(H,10,11);2*1-2H3. The normalized spacial score (nSPS) is 8.62. The smallest absolute Gasteiger partial charge is 0.121 e. The predicted molar refractivity (Wildman–Crippen MR) is 70.1 cm³/mol. The summed E-state index contributed by atoms with van der Waals surface area (Å²) in [5.41, 5.74) is 2.20. The Labute approximate surface area is 97.8 Å². The van der Waals surface area contributed by atoms with Gasteiger partial charge in [0.25, 0.3) is 0 Å². The lowest BCUT2D eigenvalue weighted by molar-refractivity contribution is 0.415. The van der Waals surface area contributed by atoms with Crippen LogP contribution in [-0.4, -0.2) is 17.3 Å². The average molecular weight is 222 g/mol. The molecule has 0 amide bonds. The average Bonchev–Trinajstić information content (AvgIpc) is 2.83. The van der Waals surface area contributed by atoms with Crippen molar-refractivity contribution in [1.82, 2.24) is 10.2 Å². The molecule has 1 aromatic heterocycles. The lowest BCUT2D eigenvalue weighted by atomic mass is 10.1. The maximum Gasteiger partial charge on any atom is 0.121 e. The Hall–Kier alpha value is -1.51. The fourth-order valence-corrected chi connectivity index (χ4v) is 1.31. The van der Waals surface area contributed by atoms with Crippen LogP contribution in [0.1, 0.15) is 33.3 Å². The Kier molecular flexibility index (Phi) is 7.01. The van der Waals surface area contributed by atoms with Gasteiger partial charge in [-0.2, -0.15) is 5.10 Å². The van der Waals surface area contributed by atoms with E-state index in [0.717, 1.165) is 16.7 Å². The largest absolute Gasteiger partial charge is 0.497 e. The molecule has 0 atom stereocenters. The van der Waals surface area contributed by atoms with E-state index in [-0.39, 0.29) is 0 Å². The van der Waals surface area contributed by atoms with Crippen molar-refractivity contribution < 1.29 is 4.74 Å². The number of nitrogens with zero attached hydrogens (tertiary/aromatic N) is 1. The first-order valence-corrected chi connectivity index (χ1v) is 5.79. The van der Waals surface area contributed by atoms with Crippen LogP contribution in [-0.2, 0) is 0 Å². The van der Waals surface area contributed by atoms with Gasteiger partial charge in [-0.3, -0.25) is 5.10 Å². The van der Waals surface area contributed by atoms with Gasteiger partial charge < -0.3 is 4.74 Å². The van der Waals surface area contributed by atoms with Crippen LogP contribution in [0.4, 0.5) is 0 Å². The number of hydrogen-bond donors (Lipinski definition) is 1. The number of aromatic nitrogens is 2. The number of aryl methyl sites for hydroxylation is 1. The maximum absolute atomic E-state index is 5.12. The Morgan fingerprint density at radius 1 is 1.12 bits per heavy atom. The molecule has 16 heavy (non-hydrogen) atoms. The van der Waals surface area contributed by atoms with Crippen molar-refractivity contribution in [2.24, 2.45) is 0 Å². The van der Waals surface area contributed by atoms with Crippen LogP contribution in [0.25, 0.3) is 10.9 Å². The number of fused-ring (bicyclic) bond motifs is 1. The second-order valence-electron chi connectivity index (χ2n) is 2.78. The van der Waals surface area contributed by atoms with Crippen molar-refractivity contribution in [3.8, 4) is 5.75 Å². The van der Waals surface area contributed by atoms with E-state index in [1.54, 1.807) is 7.11 Å². The third-order valence-electron chi connectivity index (χ3n) is 1.97. The molecular formula is C13H22N2O. The SMILES string of the molecule is CC.CC.COc1cc(C)c2cn[nH]c2c1. The highest BCUT2D eigenvalue weighted by Crippen LogP contribution is 2.22. The highest BCUT2D eigenvalue weighted by molar-refractivity contribution is 5.82. The third-order valence-corrected chi connectivity index (χ3v) is 1.97. The summed E-state index contributed by atoms with van der Waals surface area (Å²) in [6, 6.07) is 3.94. The van der Waals surface area contributed by atoms with Gasteiger partial charge in [-0.25, -0.2) is 0 Å². The van der Waals surface area contributed by atoms with Gasteiger partial charge in [0.2, 0.25) is 0 Å². The first-order chi connectivity index (χ1) is 7.81. The Bertz CT molecular complexity index is 407. The molecule has 0 saturated carbocycles. The van der Waals surface area contributed by atoms with Gasteiger partial charge in [0.15, 0.2) is 0 Å². The van der Waals surface area contributed by atoms with Crippen LogP contribution in [0.15, 0.2) is 18.3 Å². The summed E-state index contributed by atoms with van der Waals surface area (Å²) in [4.78, 5) is 0. The highest BCUT2D eigenvalue weighted by Gasteiger charge is 2.01. The molecule has 90 valence electrons. The predicted octanol–water partition coefficient (Wildman–Crippen LogP) is 3.93. The minimum atomic E-state index is 0.865. The van der Waals surface area contributed by atoms with Crippen molar-refractivity contribution >= 4 is 10.9 Å². The Morgan fingerprint density at radius 2 is 1.75 bits per heavy atom. The third kappa shape index (κ3) is 3.26. The number of benzene rings is 1. The van der Waals surface area contributed by atoms with Gasteiger partial charge >= 0.3 is 0 Å². The number of ether oxygens (including phenoxy) is 1. The zero-order valence-electron chi connectivity index (χ0n) is 11.1.